The molecule has 0 atom stereocenters. The van der Waals surface area contributed by atoms with Crippen LogP contribution in [0.25, 0.3) is 0 Å². The molecule has 0 spiro atoms. The van der Waals surface area contributed by atoms with Gasteiger partial charge in [-0.15, -0.1) is 0 Å². The number of aromatic nitrogens is 4. The molecule has 0 amide bonds. The fourth-order valence-electron chi connectivity index (χ4n) is 3.43. The van der Waals surface area contributed by atoms with E-state index >= 15 is 0 Å². The molecule has 1 saturated heterocycles. The molecule has 0 unspecified atom stereocenters. The van der Waals surface area contributed by atoms with Crippen molar-refractivity contribution in [3.8, 4) is 0 Å². The summed E-state index contributed by atoms with van der Waals surface area (Å²) >= 11 is 2.01. The molecule has 4 rings (SSSR count). The molecule has 3 heterocycles. The van der Waals surface area contributed by atoms with E-state index in [1.807, 2.05) is 17.8 Å². The van der Waals surface area contributed by atoms with Gasteiger partial charge in [-0.1, -0.05) is 12.8 Å². The lowest BCUT2D eigenvalue weighted by Crippen LogP contribution is -2.33. The van der Waals surface area contributed by atoms with Gasteiger partial charge in [0.05, 0.1) is 18.3 Å². The summed E-state index contributed by atoms with van der Waals surface area (Å²) in [4.78, 5) is 11.1. The lowest BCUT2D eigenvalue weighted by molar-refractivity contribution is 0.463. The minimum atomic E-state index is 0.598. The van der Waals surface area contributed by atoms with E-state index in [4.69, 9.17) is 5.10 Å². The molecule has 0 bridgehead atoms. The Labute approximate surface area is 147 Å². The molecule has 128 valence electrons. The first-order valence-electron chi connectivity index (χ1n) is 8.81. The maximum absolute atomic E-state index is 4.72. The molecule has 1 aliphatic heterocycles. The highest BCUT2D eigenvalue weighted by Gasteiger charge is 2.17. The molecular weight excluding hydrogens is 320 g/mol. The van der Waals surface area contributed by atoms with Gasteiger partial charge in [-0.25, -0.2) is 9.97 Å². The zero-order valence-corrected chi connectivity index (χ0v) is 14.7. The van der Waals surface area contributed by atoms with Crippen LogP contribution < -0.4 is 10.2 Å². The Morgan fingerprint density at radius 3 is 2.83 bits per heavy atom. The highest BCUT2D eigenvalue weighted by Crippen LogP contribution is 2.28. The van der Waals surface area contributed by atoms with Crippen LogP contribution in [0.4, 0.5) is 11.6 Å². The standard InChI is InChI=1S/C17H24N6S/c1-2-4-15(3-1)23-6-5-14(21-23)12-18-16-11-17(20-13-19-16)22-7-9-24-10-8-22/h5-6,11,13,15H,1-4,7-10,12H2,(H,18,19,20). The van der Waals surface area contributed by atoms with Crippen LogP contribution in [-0.2, 0) is 6.54 Å². The molecule has 2 aromatic rings. The number of hydrogen-bond acceptors (Lipinski definition) is 6. The summed E-state index contributed by atoms with van der Waals surface area (Å²) in [6.07, 6.45) is 8.95. The van der Waals surface area contributed by atoms with E-state index < -0.39 is 0 Å². The zero-order valence-electron chi connectivity index (χ0n) is 13.9. The Balaban J connectivity index is 1.37. The largest absolute Gasteiger partial charge is 0.364 e. The molecule has 0 radical (unpaired) electrons. The molecule has 7 heteroatoms. The molecule has 1 aliphatic carbocycles. The second-order valence-electron chi connectivity index (χ2n) is 6.44. The number of anilines is 2. The average Bonchev–Trinajstić information content (AvgIpc) is 3.32. The predicted molar refractivity (Wildman–Crippen MR) is 98.6 cm³/mol. The van der Waals surface area contributed by atoms with Gasteiger partial charge in [0.25, 0.3) is 0 Å². The van der Waals surface area contributed by atoms with Crippen molar-refractivity contribution in [1.82, 2.24) is 19.7 Å². The molecule has 24 heavy (non-hydrogen) atoms. The van der Waals surface area contributed by atoms with Crippen LogP contribution in [0.5, 0.6) is 0 Å². The molecule has 0 aromatic carbocycles. The third-order valence-corrected chi connectivity index (χ3v) is 5.74. The SMILES string of the molecule is c1nc(NCc2ccn(C3CCCC3)n2)cc(N2CCSCC2)n1. The van der Waals surface area contributed by atoms with Crippen LogP contribution in [0, 0.1) is 0 Å². The molecule has 1 N–H and O–H groups in total. The third-order valence-electron chi connectivity index (χ3n) is 4.80. The highest BCUT2D eigenvalue weighted by molar-refractivity contribution is 7.99. The fourth-order valence-corrected chi connectivity index (χ4v) is 4.34. The summed E-state index contributed by atoms with van der Waals surface area (Å²) in [7, 11) is 0. The molecule has 2 aromatic heterocycles. The van der Waals surface area contributed by atoms with E-state index in [1.165, 1.54) is 37.2 Å². The summed E-state index contributed by atoms with van der Waals surface area (Å²) in [5, 5.41) is 8.10. The number of hydrogen-bond donors (Lipinski definition) is 1. The predicted octanol–water partition coefficient (Wildman–Crippen LogP) is 2.95. The third kappa shape index (κ3) is 3.66. The highest BCUT2D eigenvalue weighted by atomic mass is 32.2. The lowest BCUT2D eigenvalue weighted by atomic mass is 10.3. The van der Waals surface area contributed by atoms with E-state index in [-0.39, 0.29) is 0 Å². The van der Waals surface area contributed by atoms with Crippen molar-refractivity contribution in [2.75, 3.05) is 34.8 Å². The normalized spacial score (nSPS) is 18.9. The van der Waals surface area contributed by atoms with Gasteiger partial charge in [0.1, 0.15) is 18.0 Å². The minimum Gasteiger partial charge on any atom is -0.364 e. The Bertz CT molecular complexity index is 661. The van der Waals surface area contributed by atoms with Crippen molar-refractivity contribution >= 4 is 23.4 Å². The van der Waals surface area contributed by atoms with Gasteiger partial charge in [0.2, 0.25) is 0 Å². The molecular formula is C17H24N6S. The van der Waals surface area contributed by atoms with Crippen molar-refractivity contribution in [3.63, 3.8) is 0 Å². The lowest BCUT2D eigenvalue weighted by Gasteiger charge is -2.27. The Hall–Kier alpha value is -1.76. The Morgan fingerprint density at radius 2 is 2.00 bits per heavy atom. The van der Waals surface area contributed by atoms with Gasteiger partial charge in [-0.3, -0.25) is 4.68 Å². The van der Waals surface area contributed by atoms with Crippen molar-refractivity contribution in [1.29, 1.82) is 0 Å². The van der Waals surface area contributed by atoms with Gasteiger partial charge in [0, 0.05) is 36.9 Å². The molecule has 6 nitrogen and oxygen atoms in total. The van der Waals surface area contributed by atoms with Crippen molar-refractivity contribution in [2.24, 2.45) is 0 Å². The van der Waals surface area contributed by atoms with E-state index in [0.717, 1.165) is 30.4 Å². The Kier molecular flexibility index (Phi) is 4.87. The molecule has 1 saturated carbocycles. The summed E-state index contributed by atoms with van der Waals surface area (Å²) < 4.78 is 2.14. The summed E-state index contributed by atoms with van der Waals surface area (Å²) in [6.45, 7) is 2.83. The van der Waals surface area contributed by atoms with Crippen molar-refractivity contribution < 1.29 is 0 Å². The van der Waals surface area contributed by atoms with Crippen molar-refractivity contribution in [2.45, 2.75) is 38.3 Å². The quantitative estimate of drug-likeness (QED) is 0.900. The monoisotopic (exact) mass is 344 g/mol. The van der Waals surface area contributed by atoms with E-state index in [2.05, 4.69) is 37.1 Å². The smallest absolute Gasteiger partial charge is 0.134 e. The van der Waals surface area contributed by atoms with E-state index in [0.29, 0.717) is 12.6 Å². The van der Waals surface area contributed by atoms with Gasteiger partial charge in [-0.05, 0) is 18.9 Å². The second kappa shape index (κ2) is 7.42. The van der Waals surface area contributed by atoms with Crippen LogP contribution in [0.2, 0.25) is 0 Å². The first-order chi connectivity index (χ1) is 11.9. The van der Waals surface area contributed by atoms with Crippen molar-refractivity contribution in [3.05, 3.63) is 30.4 Å². The maximum Gasteiger partial charge on any atom is 0.134 e. The topological polar surface area (TPSA) is 58.9 Å². The van der Waals surface area contributed by atoms with Crippen LogP contribution in [0.1, 0.15) is 37.4 Å². The average molecular weight is 344 g/mol. The number of nitrogens with zero attached hydrogens (tertiary/aromatic N) is 5. The van der Waals surface area contributed by atoms with Crippen LogP contribution >= 0.6 is 11.8 Å². The second-order valence-corrected chi connectivity index (χ2v) is 7.66. The van der Waals surface area contributed by atoms with Crippen LogP contribution in [0.15, 0.2) is 24.7 Å². The van der Waals surface area contributed by atoms with Gasteiger partial charge in [-0.2, -0.15) is 16.9 Å². The molecule has 2 aliphatic rings. The summed E-state index contributed by atoms with van der Waals surface area (Å²) in [5.41, 5.74) is 1.07. The minimum absolute atomic E-state index is 0.598. The summed E-state index contributed by atoms with van der Waals surface area (Å²) in [6, 6.07) is 4.75. The van der Waals surface area contributed by atoms with Gasteiger partial charge >= 0.3 is 0 Å². The van der Waals surface area contributed by atoms with E-state index in [1.54, 1.807) is 6.33 Å². The first kappa shape index (κ1) is 15.7. The van der Waals surface area contributed by atoms with E-state index in [9.17, 15) is 0 Å². The fraction of sp³-hybridized carbons (Fsp3) is 0.588. The summed E-state index contributed by atoms with van der Waals surface area (Å²) in [5.74, 6) is 4.23. The number of rotatable bonds is 5. The van der Waals surface area contributed by atoms with Gasteiger partial charge in [0.15, 0.2) is 0 Å². The number of thioether (sulfide) groups is 1. The maximum atomic E-state index is 4.72. The number of nitrogens with one attached hydrogen (secondary N) is 1. The van der Waals surface area contributed by atoms with Crippen LogP contribution in [0.3, 0.4) is 0 Å². The van der Waals surface area contributed by atoms with Gasteiger partial charge < -0.3 is 10.2 Å². The molecule has 2 fully saturated rings. The van der Waals surface area contributed by atoms with Crippen LogP contribution in [-0.4, -0.2) is 44.3 Å². The Morgan fingerprint density at radius 1 is 1.17 bits per heavy atom. The first-order valence-corrected chi connectivity index (χ1v) is 9.96. The zero-order chi connectivity index (χ0) is 16.2.